The Bertz CT molecular complexity index is 618. The van der Waals surface area contributed by atoms with Crippen LogP contribution >= 0.6 is 0 Å². The summed E-state index contributed by atoms with van der Waals surface area (Å²) in [5.41, 5.74) is 4.84. The lowest BCUT2D eigenvalue weighted by atomic mass is 10.2. The molecule has 22 heavy (non-hydrogen) atoms. The van der Waals surface area contributed by atoms with Crippen LogP contribution in [0.4, 0.5) is 10.5 Å². The van der Waals surface area contributed by atoms with Crippen molar-refractivity contribution >= 4 is 11.7 Å². The Morgan fingerprint density at radius 3 is 2.36 bits per heavy atom. The second-order valence-electron chi connectivity index (χ2n) is 5.30. The van der Waals surface area contributed by atoms with Crippen LogP contribution in [0, 0.1) is 0 Å². The number of carbonyl (C=O) groups is 1. The normalized spacial score (nSPS) is 18.2. The van der Waals surface area contributed by atoms with Crippen molar-refractivity contribution in [3.8, 4) is 0 Å². The van der Waals surface area contributed by atoms with Gasteiger partial charge in [-0.1, -0.05) is 48.5 Å². The molecule has 1 atom stereocenters. The molecule has 0 saturated carbocycles. The molecule has 1 fully saturated rings. The number of urea groups is 1. The summed E-state index contributed by atoms with van der Waals surface area (Å²) in [4.78, 5) is 17.9. The molecule has 0 bridgehead atoms. The van der Waals surface area contributed by atoms with Crippen LogP contribution in [0.3, 0.4) is 0 Å². The van der Waals surface area contributed by atoms with E-state index in [0.717, 1.165) is 11.3 Å². The van der Waals surface area contributed by atoms with E-state index in [2.05, 4.69) is 5.43 Å². The number of benzene rings is 2. The number of nitrogens with one attached hydrogen (secondary N) is 1. The Balaban J connectivity index is 1.62. The molecule has 1 aliphatic rings. The zero-order valence-corrected chi connectivity index (χ0v) is 12.5. The SMILES string of the molecule is CC1CN(c2ccccc2)NC(=O)N1OCc1ccccc1. The van der Waals surface area contributed by atoms with Crippen LogP contribution in [0.25, 0.3) is 0 Å². The van der Waals surface area contributed by atoms with Crippen molar-refractivity contribution in [2.24, 2.45) is 0 Å². The maximum atomic E-state index is 12.3. The molecule has 1 heterocycles. The van der Waals surface area contributed by atoms with Gasteiger partial charge in [0, 0.05) is 0 Å². The van der Waals surface area contributed by atoms with E-state index in [0.29, 0.717) is 13.2 Å². The third kappa shape index (κ3) is 3.20. The molecule has 1 aliphatic heterocycles. The topological polar surface area (TPSA) is 44.8 Å². The van der Waals surface area contributed by atoms with E-state index < -0.39 is 0 Å². The van der Waals surface area contributed by atoms with Crippen molar-refractivity contribution in [3.63, 3.8) is 0 Å². The third-order valence-corrected chi connectivity index (χ3v) is 3.56. The first-order valence-electron chi connectivity index (χ1n) is 7.33. The minimum atomic E-state index is -0.251. The van der Waals surface area contributed by atoms with E-state index in [1.165, 1.54) is 5.06 Å². The number of hydrogen-bond acceptors (Lipinski definition) is 3. The number of hydrazine groups is 1. The zero-order chi connectivity index (χ0) is 15.4. The molecular formula is C17H19N3O2. The van der Waals surface area contributed by atoms with Gasteiger partial charge in [-0.2, -0.15) is 5.06 Å². The maximum absolute atomic E-state index is 12.3. The van der Waals surface area contributed by atoms with Gasteiger partial charge >= 0.3 is 6.03 Å². The van der Waals surface area contributed by atoms with Crippen molar-refractivity contribution in [2.45, 2.75) is 19.6 Å². The first kappa shape index (κ1) is 14.4. The fourth-order valence-electron chi connectivity index (χ4n) is 2.43. The molecule has 2 amide bonds. The van der Waals surface area contributed by atoms with Crippen molar-refractivity contribution < 1.29 is 9.63 Å². The van der Waals surface area contributed by atoms with E-state index in [-0.39, 0.29) is 12.1 Å². The minimum absolute atomic E-state index is 0.0438. The lowest BCUT2D eigenvalue weighted by Gasteiger charge is -2.39. The summed E-state index contributed by atoms with van der Waals surface area (Å²) in [7, 11) is 0. The lowest BCUT2D eigenvalue weighted by Crippen LogP contribution is -2.61. The van der Waals surface area contributed by atoms with Crippen molar-refractivity contribution in [3.05, 3.63) is 66.2 Å². The highest BCUT2D eigenvalue weighted by Crippen LogP contribution is 2.18. The Labute approximate surface area is 130 Å². The summed E-state index contributed by atoms with van der Waals surface area (Å²) >= 11 is 0. The van der Waals surface area contributed by atoms with Crippen LogP contribution in [0.2, 0.25) is 0 Å². The molecule has 5 nitrogen and oxygen atoms in total. The second-order valence-corrected chi connectivity index (χ2v) is 5.30. The molecule has 1 N–H and O–H groups in total. The number of carbonyl (C=O) groups excluding carboxylic acids is 1. The van der Waals surface area contributed by atoms with Gasteiger partial charge in [-0.25, -0.2) is 10.2 Å². The van der Waals surface area contributed by atoms with Crippen LogP contribution in [0.5, 0.6) is 0 Å². The Hall–Kier alpha value is -2.53. The molecule has 114 valence electrons. The van der Waals surface area contributed by atoms with Gasteiger partial charge in [0.15, 0.2) is 0 Å². The predicted molar refractivity (Wildman–Crippen MR) is 84.9 cm³/mol. The van der Waals surface area contributed by atoms with Gasteiger partial charge in [0.1, 0.15) is 6.61 Å². The summed E-state index contributed by atoms with van der Waals surface area (Å²) < 4.78 is 0. The van der Waals surface area contributed by atoms with Gasteiger partial charge in [0.2, 0.25) is 0 Å². The van der Waals surface area contributed by atoms with Crippen LogP contribution in [-0.4, -0.2) is 23.7 Å². The summed E-state index contributed by atoms with van der Waals surface area (Å²) in [6, 6.07) is 19.3. The fraction of sp³-hybridized carbons (Fsp3) is 0.235. The van der Waals surface area contributed by atoms with Crippen LogP contribution in [0.1, 0.15) is 12.5 Å². The van der Waals surface area contributed by atoms with Crippen LogP contribution in [-0.2, 0) is 11.4 Å². The number of hydrogen-bond donors (Lipinski definition) is 1. The van der Waals surface area contributed by atoms with Gasteiger partial charge in [-0.3, -0.25) is 9.85 Å². The van der Waals surface area contributed by atoms with E-state index >= 15 is 0 Å². The molecule has 3 rings (SSSR count). The number of amides is 2. The molecular weight excluding hydrogens is 278 g/mol. The number of para-hydroxylation sites is 1. The standard InChI is InChI=1S/C17H19N3O2/c1-14-12-19(16-10-6-3-7-11-16)18-17(21)20(14)22-13-15-8-4-2-5-9-15/h2-11,14H,12-13H2,1H3,(H,18,21). The van der Waals surface area contributed by atoms with Crippen LogP contribution < -0.4 is 10.4 Å². The molecule has 5 heteroatoms. The number of anilines is 1. The fourth-order valence-corrected chi connectivity index (χ4v) is 2.43. The first-order valence-corrected chi connectivity index (χ1v) is 7.33. The molecule has 0 aliphatic carbocycles. The van der Waals surface area contributed by atoms with E-state index in [1.807, 2.05) is 72.6 Å². The zero-order valence-electron chi connectivity index (χ0n) is 12.5. The Morgan fingerprint density at radius 2 is 1.73 bits per heavy atom. The van der Waals surface area contributed by atoms with E-state index in [9.17, 15) is 4.79 Å². The van der Waals surface area contributed by atoms with Crippen molar-refractivity contribution in [1.29, 1.82) is 0 Å². The first-order chi connectivity index (χ1) is 10.7. The van der Waals surface area contributed by atoms with Gasteiger partial charge in [0.05, 0.1) is 18.3 Å². The molecule has 1 saturated heterocycles. The largest absolute Gasteiger partial charge is 0.360 e. The summed E-state index contributed by atoms with van der Waals surface area (Å²) in [6.45, 7) is 3.01. The summed E-state index contributed by atoms with van der Waals surface area (Å²) in [6.07, 6.45) is 0. The molecule has 1 unspecified atom stereocenters. The van der Waals surface area contributed by atoms with E-state index in [4.69, 9.17) is 4.84 Å². The van der Waals surface area contributed by atoms with Gasteiger partial charge in [-0.05, 0) is 24.6 Å². The monoisotopic (exact) mass is 297 g/mol. The molecule has 0 radical (unpaired) electrons. The highest BCUT2D eigenvalue weighted by atomic mass is 16.7. The Kier molecular flexibility index (Phi) is 4.25. The minimum Gasteiger partial charge on any atom is -0.282 e. The second kappa shape index (κ2) is 6.49. The molecule has 2 aromatic rings. The number of nitrogens with zero attached hydrogens (tertiary/aromatic N) is 2. The van der Waals surface area contributed by atoms with Gasteiger partial charge in [-0.15, -0.1) is 0 Å². The highest BCUT2D eigenvalue weighted by Gasteiger charge is 2.30. The van der Waals surface area contributed by atoms with Crippen molar-refractivity contribution in [1.82, 2.24) is 10.5 Å². The number of rotatable bonds is 4. The molecule has 2 aromatic carbocycles. The summed E-state index contributed by atoms with van der Waals surface area (Å²) in [5.74, 6) is 0. The maximum Gasteiger partial charge on any atom is 0.360 e. The lowest BCUT2D eigenvalue weighted by molar-refractivity contribution is -0.155. The summed E-state index contributed by atoms with van der Waals surface area (Å²) in [5, 5.41) is 3.25. The van der Waals surface area contributed by atoms with E-state index in [1.54, 1.807) is 0 Å². The van der Waals surface area contributed by atoms with Gasteiger partial charge < -0.3 is 0 Å². The quantitative estimate of drug-likeness (QED) is 0.943. The average Bonchev–Trinajstić information content (AvgIpc) is 2.56. The van der Waals surface area contributed by atoms with Crippen LogP contribution in [0.15, 0.2) is 60.7 Å². The number of hydroxylamine groups is 2. The van der Waals surface area contributed by atoms with Crippen molar-refractivity contribution in [2.75, 3.05) is 11.6 Å². The highest BCUT2D eigenvalue weighted by molar-refractivity contribution is 5.77. The predicted octanol–water partition coefficient (Wildman–Crippen LogP) is 2.95. The molecule has 0 aromatic heterocycles. The third-order valence-electron chi connectivity index (χ3n) is 3.56. The molecule has 0 spiro atoms. The Morgan fingerprint density at radius 1 is 1.09 bits per heavy atom. The smallest absolute Gasteiger partial charge is 0.282 e. The van der Waals surface area contributed by atoms with Gasteiger partial charge in [0.25, 0.3) is 0 Å². The average molecular weight is 297 g/mol.